The first kappa shape index (κ1) is 11.6. The lowest BCUT2D eigenvalue weighted by Gasteiger charge is -2.43. The Labute approximate surface area is 105 Å². The Morgan fingerprint density at radius 1 is 1.22 bits per heavy atom. The third kappa shape index (κ3) is 1.71. The van der Waals surface area contributed by atoms with E-state index >= 15 is 0 Å². The average molecular weight is 251 g/mol. The number of hydrogen-bond donors (Lipinski definition) is 4. The monoisotopic (exact) mass is 251 g/mol. The van der Waals surface area contributed by atoms with Crippen molar-refractivity contribution in [3.8, 4) is 17.2 Å². The third-order valence-electron chi connectivity index (χ3n) is 3.90. The van der Waals surface area contributed by atoms with Gasteiger partial charge in [-0.05, 0) is 38.1 Å². The second-order valence-corrected chi connectivity index (χ2v) is 5.11. The predicted octanol–water partition coefficient (Wildman–Crippen LogP) is 1.04. The van der Waals surface area contributed by atoms with Gasteiger partial charge >= 0.3 is 0 Å². The molecule has 0 saturated carbocycles. The van der Waals surface area contributed by atoms with E-state index in [1.807, 2.05) is 0 Å². The van der Waals surface area contributed by atoms with E-state index in [1.165, 1.54) is 6.07 Å². The first-order valence-electron chi connectivity index (χ1n) is 6.24. The molecule has 0 bridgehead atoms. The summed E-state index contributed by atoms with van der Waals surface area (Å²) in [6.07, 6.45) is 1.46. The number of phenolic OH excluding ortho intramolecular Hbond substituents is 2. The maximum absolute atomic E-state index is 10.2. The van der Waals surface area contributed by atoms with Crippen molar-refractivity contribution in [2.24, 2.45) is 0 Å². The van der Waals surface area contributed by atoms with Crippen molar-refractivity contribution in [3.63, 3.8) is 0 Å². The molecule has 1 aromatic rings. The highest BCUT2D eigenvalue weighted by molar-refractivity contribution is 5.56. The van der Waals surface area contributed by atoms with Gasteiger partial charge in [0, 0.05) is 12.0 Å². The summed E-state index contributed by atoms with van der Waals surface area (Å²) in [4.78, 5) is 0. The SMILES string of the molecule is Oc1ccc2c(c1O)OC1(CCNCC1)CC2O. The van der Waals surface area contributed by atoms with Crippen molar-refractivity contribution < 1.29 is 20.1 Å². The second kappa shape index (κ2) is 4.03. The minimum absolute atomic E-state index is 0.216. The molecule has 98 valence electrons. The number of benzene rings is 1. The van der Waals surface area contributed by atoms with E-state index in [2.05, 4.69) is 5.32 Å². The number of aromatic hydroxyl groups is 2. The average Bonchev–Trinajstić information content (AvgIpc) is 2.35. The van der Waals surface area contributed by atoms with Crippen LogP contribution in [0.5, 0.6) is 17.2 Å². The maximum Gasteiger partial charge on any atom is 0.200 e. The highest BCUT2D eigenvalue weighted by atomic mass is 16.5. The van der Waals surface area contributed by atoms with Crippen LogP contribution in [0.1, 0.15) is 30.9 Å². The van der Waals surface area contributed by atoms with Crippen molar-refractivity contribution >= 4 is 0 Å². The Hall–Kier alpha value is -1.46. The fourth-order valence-corrected chi connectivity index (χ4v) is 2.86. The highest BCUT2D eigenvalue weighted by Crippen LogP contribution is 2.49. The Balaban J connectivity index is 2.02. The fourth-order valence-electron chi connectivity index (χ4n) is 2.86. The van der Waals surface area contributed by atoms with E-state index in [1.54, 1.807) is 6.07 Å². The van der Waals surface area contributed by atoms with E-state index in [0.717, 1.165) is 25.9 Å². The molecule has 1 atom stereocenters. The van der Waals surface area contributed by atoms with Gasteiger partial charge in [0.2, 0.25) is 5.75 Å². The van der Waals surface area contributed by atoms with Crippen LogP contribution in [0.4, 0.5) is 0 Å². The van der Waals surface area contributed by atoms with Gasteiger partial charge in [0.05, 0.1) is 6.10 Å². The largest absolute Gasteiger partial charge is 0.504 e. The summed E-state index contributed by atoms with van der Waals surface area (Å²) in [6, 6.07) is 2.98. The van der Waals surface area contributed by atoms with Crippen molar-refractivity contribution in [3.05, 3.63) is 17.7 Å². The molecular weight excluding hydrogens is 234 g/mol. The topological polar surface area (TPSA) is 82.0 Å². The summed E-state index contributed by atoms with van der Waals surface area (Å²) < 4.78 is 5.93. The molecule has 1 saturated heterocycles. The number of nitrogens with one attached hydrogen (secondary N) is 1. The Kier molecular flexibility index (Phi) is 2.60. The first-order valence-corrected chi connectivity index (χ1v) is 6.24. The van der Waals surface area contributed by atoms with E-state index in [0.29, 0.717) is 12.0 Å². The molecule has 2 heterocycles. The molecule has 1 aromatic carbocycles. The number of hydrogen-bond acceptors (Lipinski definition) is 5. The van der Waals surface area contributed by atoms with Gasteiger partial charge in [0.25, 0.3) is 0 Å². The quantitative estimate of drug-likeness (QED) is 0.518. The van der Waals surface area contributed by atoms with Crippen LogP contribution in [0.15, 0.2) is 12.1 Å². The van der Waals surface area contributed by atoms with Crippen LogP contribution in [0, 0.1) is 0 Å². The number of aliphatic hydroxyl groups excluding tert-OH is 1. The first-order chi connectivity index (χ1) is 8.61. The second-order valence-electron chi connectivity index (χ2n) is 5.11. The van der Waals surface area contributed by atoms with E-state index in [9.17, 15) is 15.3 Å². The van der Waals surface area contributed by atoms with Crippen molar-refractivity contribution in [2.75, 3.05) is 13.1 Å². The molecule has 1 spiro atoms. The molecule has 1 fully saturated rings. The molecule has 0 amide bonds. The molecule has 1 unspecified atom stereocenters. The fraction of sp³-hybridized carbons (Fsp3) is 0.538. The lowest BCUT2D eigenvalue weighted by atomic mass is 9.82. The zero-order valence-electron chi connectivity index (χ0n) is 10.0. The molecule has 2 aliphatic heterocycles. The lowest BCUT2D eigenvalue weighted by molar-refractivity contribution is -0.0356. The van der Waals surface area contributed by atoms with Gasteiger partial charge in [0.1, 0.15) is 5.60 Å². The number of piperidine rings is 1. The standard InChI is InChI=1S/C13H17NO4/c15-9-2-1-8-10(16)7-13(3-5-14-6-4-13)18-12(8)11(9)17/h1-2,10,14-17H,3-7H2. The smallest absolute Gasteiger partial charge is 0.200 e. The summed E-state index contributed by atoms with van der Waals surface area (Å²) >= 11 is 0. The van der Waals surface area contributed by atoms with E-state index in [-0.39, 0.29) is 17.2 Å². The number of aliphatic hydroxyl groups is 1. The minimum atomic E-state index is -0.654. The minimum Gasteiger partial charge on any atom is -0.504 e. The number of fused-ring (bicyclic) bond motifs is 1. The molecule has 3 rings (SSSR count). The number of rotatable bonds is 0. The summed E-state index contributed by atoms with van der Waals surface area (Å²) in [7, 11) is 0. The lowest BCUT2D eigenvalue weighted by Crippen LogP contribution is -2.49. The van der Waals surface area contributed by atoms with Crippen LogP contribution in [0.25, 0.3) is 0 Å². The Bertz CT molecular complexity index is 468. The Morgan fingerprint density at radius 2 is 1.94 bits per heavy atom. The van der Waals surface area contributed by atoms with Crippen LogP contribution in [0.3, 0.4) is 0 Å². The molecule has 18 heavy (non-hydrogen) atoms. The van der Waals surface area contributed by atoms with Crippen molar-refractivity contribution in [1.82, 2.24) is 5.32 Å². The normalized spacial score (nSPS) is 25.5. The molecule has 0 radical (unpaired) electrons. The third-order valence-corrected chi connectivity index (χ3v) is 3.90. The highest BCUT2D eigenvalue weighted by Gasteiger charge is 2.42. The van der Waals surface area contributed by atoms with Crippen LogP contribution in [-0.2, 0) is 0 Å². The summed E-state index contributed by atoms with van der Waals surface area (Å²) in [6.45, 7) is 1.67. The predicted molar refractivity (Wildman–Crippen MR) is 64.8 cm³/mol. The van der Waals surface area contributed by atoms with Crippen LogP contribution in [0.2, 0.25) is 0 Å². The zero-order chi connectivity index (χ0) is 12.8. The molecule has 4 N–H and O–H groups in total. The molecule has 0 aromatic heterocycles. The van der Waals surface area contributed by atoms with Crippen LogP contribution >= 0.6 is 0 Å². The van der Waals surface area contributed by atoms with Crippen LogP contribution in [-0.4, -0.2) is 34.0 Å². The Morgan fingerprint density at radius 3 is 2.67 bits per heavy atom. The van der Waals surface area contributed by atoms with Gasteiger partial charge in [-0.2, -0.15) is 0 Å². The van der Waals surface area contributed by atoms with Gasteiger partial charge in [-0.25, -0.2) is 0 Å². The van der Waals surface area contributed by atoms with E-state index < -0.39 is 11.7 Å². The number of phenols is 2. The summed E-state index contributed by atoms with van der Waals surface area (Å²) in [5.74, 6) is -0.258. The van der Waals surface area contributed by atoms with Crippen LogP contribution < -0.4 is 10.1 Å². The summed E-state index contributed by atoms with van der Waals surface area (Å²) in [5.41, 5.74) is 0.123. The van der Waals surface area contributed by atoms with E-state index in [4.69, 9.17) is 4.74 Å². The van der Waals surface area contributed by atoms with Gasteiger partial charge in [-0.1, -0.05) is 0 Å². The van der Waals surface area contributed by atoms with Gasteiger partial charge in [0.15, 0.2) is 11.5 Å². The van der Waals surface area contributed by atoms with Crippen molar-refractivity contribution in [1.29, 1.82) is 0 Å². The molecular formula is C13H17NO4. The molecule has 5 heteroatoms. The molecule has 2 aliphatic rings. The zero-order valence-corrected chi connectivity index (χ0v) is 10.0. The van der Waals surface area contributed by atoms with Crippen molar-refractivity contribution in [2.45, 2.75) is 31.0 Å². The number of ether oxygens (including phenoxy) is 1. The van der Waals surface area contributed by atoms with Gasteiger partial charge in [-0.3, -0.25) is 0 Å². The maximum atomic E-state index is 10.2. The molecule has 5 nitrogen and oxygen atoms in total. The summed E-state index contributed by atoms with van der Waals surface area (Å²) in [5, 5.41) is 32.8. The van der Waals surface area contributed by atoms with Gasteiger partial charge in [-0.15, -0.1) is 0 Å². The molecule has 0 aliphatic carbocycles. The van der Waals surface area contributed by atoms with Gasteiger partial charge < -0.3 is 25.4 Å².